The number of nitrogens with zero attached hydrogens (tertiary/aromatic N) is 2. The van der Waals surface area contributed by atoms with Crippen molar-refractivity contribution in [2.45, 2.75) is 97.7 Å². The van der Waals surface area contributed by atoms with E-state index in [2.05, 4.69) is 82.4 Å². The number of rotatable bonds is 3. The van der Waals surface area contributed by atoms with Gasteiger partial charge in [0.2, 0.25) is 5.84 Å². The second-order valence-electron chi connectivity index (χ2n) is 14.7. The van der Waals surface area contributed by atoms with Crippen molar-refractivity contribution in [3.05, 3.63) is 48.0 Å². The fourth-order valence-electron chi connectivity index (χ4n) is 6.73. The lowest BCUT2D eigenvalue weighted by molar-refractivity contribution is -0.441. The van der Waals surface area contributed by atoms with Crippen molar-refractivity contribution in [3.63, 3.8) is 0 Å². The molecule has 2 atom stereocenters. The zero-order valence-corrected chi connectivity index (χ0v) is 27.1. The highest BCUT2D eigenvalue weighted by atomic mass is 16.7. The van der Waals surface area contributed by atoms with Gasteiger partial charge in [0.05, 0.1) is 11.2 Å². The van der Waals surface area contributed by atoms with Gasteiger partial charge in [-0.2, -0.15) is 4.99 Å². The van der Waals surface area contributed by atoms with Gasteiger partial charge in [-0.05, 0) is 101 Å². The highest BCUT2D eigenvalue weighted by molar-refractivity contribution is 6.62. The van der Waals surface area contributed by atoms with Gasteiger partial charge in [0, 0.05) is 17.5 Å². The van der Waals surface area contributed by atoms with E-state index >= 15 is 0 Å². The third kappa shape index (κ3) is 4.90. The molecule has 0 spiro atoms. The van der Waals surface area contributed by atoms with Gasteiger partial charge in [-0.15, -0.1) is 0 Å². The molecule has 0 bridgehead atoms. The van der Waals surface area contributed by atoms with Crippen LogP contribution in [0.3, 0.4) is 0 Å². The molecule has 4 aliphatic heterocycles. The monoisotopic (exact) mass is 596 g/mol. The maximum atomic E-state index is 13.2. The molecule has 0 aromatic heterocycles. The van der Waals surface area contributed by atoms with Crippen LogP contribution in [0.5, 0.6) is 5.75 Å². The Hall–Kier alpha value is -3.40. The third-order valence-corrected chi connectivity index (χ3v) is 9.94. The molecule has 3 aromatic rings. The Morgan fingerprint density at radius 3 is 2.52 bits per heavy atom. The number of ether oxygens (including phenoxy) is 2. The molecule has 2 N–H and O–H groups in total. The number of likely N-dealkylation sites (tertiary alicyclic amines) is 1. The van der Waals surface area contributed by atoms with Crippen molar-refractivity contribution in [1.29, 1.82) is 0 Å². The normalized spacial score (nSPS) is 23.2. The fraction of sp³-hybridized carbons (Fsp3) is 0.486. The van der Waals surface area contributed by atoms with Crippen molar-refractivity contribution in [2.24, 2.45) is 10.9 Å². The summed E-state index contributed by atoms with van der Waals surface area (Å²) in [5.74, 6) is 2.22. The minimum absolute atomic E-state index is 0.101. The minimum Gasteiger partial charge on any atom is -0.488 e. The molecule has 0 saturated carbocycles. The minimum atomic E-state index is -0.544. The smallest absolute Gasteiger partial charge is 0.488 e. The van der Waals surface area contributed by atoms with Gasteiger partial charge in [0.25, 0.3) is 0 Å². The molecule has 8 nitrogen and oxygen atoms in total. The molecule has 4 aliphatic rings. The predicted octanol–water partition coefficient (Wildman–Crippen LogP) is 5.97. The summed E-state index contributed by atoms with van der Waals surface area (Å²) in [5.41, 5.74) is 5.06. The highest BCUT2D eigenvalue weighted by Crippen LogP contribution is 2.44. The van der Waals surface area contributed by atoms with Gasteiger partial charge in [-0.3, -0.25) is 10.2 Å². The number of nitrogens with two attached hydrogens (primary N) is 1. The van der Waals surface area contributed by atoms with Crippen LogP contribution in [-0.2, 0) is 20.7 Å². The van der Waals surface area contributed by atoms with Crippen LogP contribution in [0.15, 0.2) is 47.5 Å². The Labute approximate surface area is 260 Å². The van der Waals surface area contributed by atoms with Gasteiger partial charge in [0.1, 0.15) is 29.7 Å². The molecule has 1 amide bonds. The fourth-order valence-corrected chi connectivity index (χ4v) is 6.73. The van der Waals surface area contributed by atoms with E-state index in [9.17, 15) is 4.79 Å². The predicted molar refractivity (Wildman–Crippen MR) is 173 cm³/mol. The molecule has 7 rings (SSSR count). The Morgan fingerprint density at radius 2 is 1.82 bits per heavy atom. The number of hydrogen-bond acceptors (Lipinski definition) is 6. The molecule has 3 aromatic carbocycles. The number of amidine groups is 1. The first-order valence-corrected chi connectivity index (χ1v) is 15.9. The Kier molecular flexibility index (Phi) is 6.70. The van der Waals surface area contributed by atoms with E-state index in [1.165, 1.54) is 5.56 Å². The molecule has 2 saturated heterocycles. The molecule has 9 heteroatoms. The first-order chi connectivity index (χ1) is 20.7. The maximum Gasteiger partial charge on any atom is 0.494 e. The molecule has 4 heterocycles. The molecule has 0 aliphatic carbocycles. The lowest BCUT2D eigenvalue weighted by atomic mass is 9.77. The summed E-state index contributed by atoms with van der Waals surface area (Å²) in [6.45, 7) is 17.4. The summed E-state index contributed by atoms with van der Waals surface area (Å²) >= 11 is 0. The van der Waals surface area contributed by atoms with Gasteiger partial charge in [0.15, 0.2) is 5.69 Å². The summed E-state index contributed by atoms with van der Waals surface area (Å²) in [6.07, 6.45) is 1.64. The number of carbonyl (C=O) groups is 1. The summed E-state index contributed by atoms with van der Waals surface area (Å²) < 4.78 is 24.8. The first kappa shape index (κ1) is 29.3. The lowest BCUT2D eigenvalue weighted by Crippen LogP contribution is -2.84. The van der Waals surface area contributed by atoms with E-state index in [4.69, 9.17) is 23.8 Å². The molecule has 2 fully saturated rings. The van der Waals surface area contributed by atoms with Crippen LogP contribution in [0.4, 0.5) is 16.2 Å². The van der Waals surface area contributed by atoms with Crippen molar-refractivity contribution in [1.82, 2.24) is 4.90 Å². The van der Waals surface area contributed by atoms with Crippen LogP contribution >= 0.6 is 0 Å². The van der Waals surface area contributed by atoms with E-state index in [1.807, 2.05) is 25.7 Å². The van der Waals surface area contributed by atoms with Gasteiger partial charge < -0.3 is 18.8 Å². The standard InChI is InChI=1S/C35H42BN3O5/c1-9-20-14-28(39(18-20)32(40)42-33(2,3)4)31-37-27-13-10-21-16-26-24-12-11-23(36-43-34(5,6)35(7,8)44-36)15-22(24)19-41-29(26)17-25(21)30(27)38-31/h10-13,15-17,20,28H,9,14,18-19H2,1-8H3,(H,37,38)/p+1/t20?,28-/m0/s1. The van der Waals surface area contributed by atoms with Crippen LogP contribution in [0.25, 0.3) is 21.9 Å². The van der Waals surface area contributed by atoms with Crippen molar-refractivity contribution in [3.8, 4) is 16.9 Å². The van der Waals surface area contributed by atoms with Gasteiger partial charge in [-0.25, -0.2) is 4.79 Å². The van der Waals surface area contributed by atoms with Crippen molar-refractivity contribution < 1.29 is 28.9 Å². The number of fused-ring (bicyclic) bond motifs is 6. The van der Waals surface area contributed by atoms with Crippen LogP contribution in [0, 0.1) is 5.92 Å². The van der Waals surface area contributed by atoms with E-state index in [0.717, 1.165) is 63.2 Å². The van der Waals surface area contributed by atoms with Crippen LogP contribution in [0.2, 0.25) is 0 Å². The lowest BCUT2D eigenvalue weighted by Gasteiger charge is -2.32. The molecular formula is C35H43BN3O5+. The molecule has 44 heavy (non-hydrogen) atoms. The molecular weight excluding hydrogens is 553 g/mol. The zero-order valence-electron chi connectivity index (χ0n) is 27.1. The highest BCUT2D eigenvalue weighted by Gasteiger charge is 2.52. The number of benzene rings is 3. The Bertz CT molecular complexity index is 1690. The van der Waals surface area contributed by atoms with Gasteiger partial charge in [-0.1, -0.05) is 37.6 Å². The van der Waals surface area contributed by atoms with E-state index in [0.29, 0.717) is 19.1 Å². The number of hydrogen-bond donors (Lipinski definition) is 1. The molecule has 230 valence electrons. The van der Waals surface area contributed by atoms with E-state index in [-0.39, 0.29) is 23.3 Å². The van der Waals surface area contributed by atoms with E-state index < -0.39 is 12.7 Å². The van der Waals surface area contributed by atoms with Crippen LogP contribution < -0.4 is 15.5 Å². The summed E-state index contributed by atoms with van der Waals surface area (Å²) in [4.78, 5) is 20.1. The van der Waals surface area contributed by atoms with E-state index in [1.54, 1.807) is 0 Å². The molecule has 0 radical (unpaired) electrons. The quantitative estimate of drug-likeness (QED) is 0.298. The summed E-state index contributed by atoms with van der Waals surface area (Å²) in [5, 5.41) is 4.40. The zero-order chi connectivity index (χ0) is 31.2. The second-order valence-corrected chi connectivity index (χ2v) is 14.7. The summed E-state index contributed by atoms with van der Waals surface area (Å²) in [7, 11) is -0.408. The molecule has 1 unspecified atom stereocenters. The SMILES string of the molecule is CCC1C[C@@H](C2=Nc3ccc4cc5c(cc4c3[NH2+]2)OCc2cc(B3OC(C)(C)C(C)(C)O3)ccc2-5)N(C(=O)OC(C)(C)C)C1. The number of quaternary nitrogens is 1. The largest absolute Gasteiger partial charge is 0.494 e. The second kappa shape index (κ2) is 10.1. The topological polar surface area (TPSA) is 86.2 Å². The Morgan fingerprint density at radius 1 is 1.07 bits per heavy atom. The number of carbonyl (C=O) groups excluding carboxylic acids is 1. The average Bonchev–Trinajstić information content (AvgIpc) is 3.64. The third-order valence-electron chi connectivity index (χ3n) is 9.94. The van der Waals surface area contributed by atoms with Gasteiger partial charge >= 0.3 is 13.2 Å². The van der Waals surface area contributed by atoms with Crippen molar-refractivity contribution >= 4 is 46.7 Å². The Balaban J connectivity index is 1.17. The van der Waals surface area contributed by atoms with Crippen LogP contribution in [-0.4, -0.2) is 53.3 Å². The summed E-state index contributed by atoms with van der Waals surface area (Å²) in [6, 6.07) is 14.9. The maximum absolute atomic E-state index is 13.2. The number of aliphatic imine (C=N–C) groups is 1. The number of amides is 1. The van der Waals surface area contributed by atoms with Crippen LogP contribution in [0.1, 0.15) is 73.8 Å². The van der Waals surface area contributed by atoms with Crippen molar-refractivity contribution in [2.75, 3.05) is 6.54 Å². The average molecular weight is 597 g/mol. The first-order valence-electron chi connectivity index (χ1n) is 15.9.